The molecule has 4 nitrogen and oxygen atoms in total. The fourth-order valence-electron chi connectivity index (χ4n) is 3.11. The molecule has 3 rings (SSSR count). The number of anilines is 1. The number of nitrogens with zero attached hydrogens (tertiary/aromatic N) is 3. The summed E-state index contributed by atoms with van der Waals surface area (Å²) in [6.45, 7) is 8.93. The van der Waals surface area contributed by atoms with Gasteiger partial charge in [0.25, 0.3) is 0 Å². The van der Waals surface area contributed by atoms with Gasteiger partial charge in [-0.1, -0.05) is 36.4 Å². The molecule has 0 radical (unpaired) electrons. The number of nitrogens with one attached hydrogen (secondary N) is 1. The van der Waals surface area contributed by atoms with Crippen molar-refractivity contribution in [2.75, 3.05) is 38.0 Å². The van der Waals surface area contributed by atoms with E-state index in [1.54, 1.807) is 0 Å². The smallest absolute Gasteiger partial charge is 0.126 e. The van der Waals surface area contributed by atoms with Gasteiger partial charge in [-0.15, -0.1) is 0 Å². The Morgan fingerprint density at radius 1 is 0.957 bits per heavy atom. The van der Waals surface area contributed by atoms with Crippen molar-refractivity contribution in [1.82, 2.24) is 14.8 Å². The van der Waals surface area contributed by atoms with Crippen LogP contribution in [0.3, 0.4) is 0 Å². The Hall–Kier alpha value is -1.91. The first kappa shape index (κ1) is 16.0. The van der Waals surface area contributed by atoms with E-state index in [0.29, 0.717) is 6.04 Å². The largest absolute Gasteiger partial charge is 0.366 e. The highest BCUT2D eigenvalue weighted by molar-refractivity contribution is 5.34. The van der Waals surface area contributed by atoms with Crippen molar-refractivity contribution in [3.8, 4) is 0 Å². The number of piperazine rings is 1. The first-order valence-electron chi connectivity index (χ1n) is 8.46. The summed E-state index contributed by atoms with van der Waals surface area (Å²) < 4.78 is 0. The van der Waals surface area contributed by atoms with Crippen LogP contribution in [-0.4, -0.2) is 53.5 Å². The van der Waals surface area contributed by atoms with E-state index in [1.165, 1.54) is 5.56 Å². The molecule has 1 atom stereocenters. The van der Waals surface area contributed by atoms with Gasteiger partial charge in [0.15, 0.2) is 0 Å². The lowest BCUT2D eigenvalue weighted by Crippen LogP contribution is -2.48. The third-order valence-corrected chi connectivity index (χ3v) is 4.31. The van der Waals surface area contributed by atoms with Crippen molar-refractivity contribution in [1.29, 1.82) is 0 Å². The van der Waals surface area contributed by atoms with Crippen molar-refractivity contribution >= 4 is 5.82 Å². The Balaban J connectivity index is 1.40. The molecule has 0 aliphatic carbocycles. The van der Waals surface area contributed by atoms with Crippen LogP contribution in [0.2, 0.25) is 0 Å². The fraction of sp³-hybridized carbons (Fsp3) is 0.421. The van der Waals surface area contributed by atoms with Gasteiger partial charge < -0.3 is 5.32 Å². The van der Waals surface area contributed by atoms with Gasteiger partial charge in [-0.25, -0.2) is 4.98 Å². The number of hydrogen-bond acceptors (Lipinski definition) is 4. The number of rotatable bonds is 6. The molecule has 2 heterocycles. The summed E-state index contributed by atoms with van der Waals surface area (Å²) in [5.74, 6) is 0.961. The lowest BCUT2D eigenvalue weighted by atomic mass is 10.2. The second-order valence-electron chi connectivity index (χ2n) is 6.32. The van der Waals surface area contributed by atoms with E-state index in [-0.39, 0.29) is 0 Å². The van der Waals surface area contributed by atoms with E-state index in [4.69, 9.17) is 0 Å². The lowest BCUT2D eigenvalue weighted by molar-refractivity contribution is 0.125. The van der Waals surface area contributed by atoms with Crippen molar-refractivity contribution in [3.63, 3.8) is 0 Å². The number of benzene rings is 1. The molecule has 122 valence electrons. The summed E-state index contributed by atoms with van der Waals surface area (Å²) in [7, 11) is 0. The van der Waals surface area contributed by atoms with Gasteiger partial charge in [-0.05, 0) is 24.6 Å². The standard InChI is InChI=1S/C19H26N4/c1-17(21-19-9-5-6-10-20-19)15-22-11-13-23(14-12-22)16-18-7-3-2-4-8-18/h2-10,17H,11-16H2,1H3,(H,20,21). The Labute approximate surface area is 139 Å². The van der Waals surface area contributed by atoms with Crippen molar-refractivity contribution < 1.29 is 0 Å². The summed E-state index contributed by atoms with van der Waals surface area (Å²) in [6.07, 6.45) is 1.83. The maximum Gasteiger partial charge on any atom is 0.126 e. The minimum atomic E-state index is 0.408. The van der Waals surface area contributed by atoms with E-state index in [0.717, 1.165) is 45.1 Å². The summed E-state index contributed by atoms with van der Waals surface area (Å²) in [5, 5.41) is 3.47. The van der Waals surface area contributed by atoms with Crippen LogP contribution in [0, 0.1) is 0 Å². The second kappa shape index (κ2) is 8.09. The van der Waals surface area contributed by atoms with Crippen LogP contribution in [0.5, 0.6) is 0 Å². The monoisotopic (exact) mass is 310 g/mol. The second-order valence-corrected chi connectivity index (χ2v) is 6.32. The summed E-state index contributed by atoms with van der Waals surface area (Å²) in [5.41, 5.74) is 1.41. The minimum absolute atomic E-state index is 0.408. The third kappa shape index (κ3) is 5.05. The first-order chi connectivity index (χ1) is 11.3. The molecule has 1 aromatic heterocycles. The molecule has 4 heteroatoms. The third-order valence-electron chi connectivity index (χ3n) is 4.31. The lowest BCUT2D eigenvalue weighted by Gasteiger charge is -2.36. The van der Waals surface area contributed by atoms with Crippen LogP contribution in [0.15, 0.2) is 54.7 Å². The summed E-state index contributed by atoms with van der Waals surface area (Å²) in [4.78, 5) is 9.42. The quantitative estimate of drug-likeness (QED) is 0.889. The molecule has 0 amide bonds. The number of pyridine rings is 1. The molecule has 23 heavy (non-hydrogen) atoms. The van der Waals surface area contributed by atoms with E-state index in [2.05, 4.69) is 57.4 Å². The zero-order valence-corrected chi connectivity index (χ0v) is 13.9. The average Bonchev–Trinajstić information content (AvgIpc) is 2.58. The Morgan fingerprint density at radius 2 is 1.65 bits per heavy atom. The predicted molar refractivity (Wildman–Crippen MR) is 95.5 cm³/mol. The SMILES string of the molecule is CC(CN1CCN(Cc2ccccc2)CC1)Nc1ccccn1. The molecule has 1 aromatic carbocycles. The molecule has 1 unspecified atom stereocenters. The molecule has 1 saturated heterocycles. The molecule has 1 aliphatic rings. The molecular formula is C19H26N4. The zero-order chi connectivity index (χ0) is 15.9. The highest BCUT2D eigenvalue weighted by atomic mass is 15.3. The Morgan fingerprint density at radius 3 is 2.35 bits per heavy atom. The van der Waals surface area contributed by atoms with E-state index in [1.807, 2.05) is 24.4 Å². The molecule has 0 saturated carbocycles. The van der Waals surface area contributed by atoms with Gasteiger partial charge in [0.1, 0.15) is 5.82 Å². The zero-order valence-electron chi connectivity index (χ0n) is 13.9. The predicted octanol–water partition coefficient (Wildman–Crippen LogP) is 2.70. The molecule has 0 bridgehead atoms. The van der Waals surface area contributed by atoms with Crippen LogP contribution < -0.4 is 5.32 Å². The van der Waals surface area contributed by atoms with Gasteiger partial charge in [-0.3, -0.25) is 9.80 Å². The number of aromatic nitrogens is 1. The Kier molecular flexibility index (Phi) is 5.61. The van der Waals surface area contributed by atoms with Crippen LogP contribution >= 0.6 is 0 Å². The maximum absolute atomic E-state index is 4.33. The van der Waals surface area contributed by atoms with Gasteiger partial charge in [-0.2, -0.15) is 0 Å². The molecule has 2 aromatic rings. The minimum Gasteiger partial charge on any atom is -0.366 e. The van der Waals surface area contributed by atoms with Crippen LogP contribution in [-0.2, 0) is 6.54 Å². The topological polar surface area (TPSA) is 31.4 Å². The molecule has 0 spiro atoms. The molecule has 1 fully saturated rings. The van der Waals surface area contributed by atoms with Crippen LogP contribution in [0.25, 0.3) is 0 Å². The van der Waals surface area contributed by atoms with Crippen molar-refractivity contribution in [2.45, 2.75) is 19.5 Å². The maximum atomic E-state index is 4.33. The van der Waals surface area contributed by atoms with E-state index >= 15 is 0 Å². The number of hydrogen-bond donors (Lipinski definition) is 1. The molecule has 1 N–H and O–H groups in total. The van der Waals surface area contributed by atoms with Gasteiger partial charge >= 0.3 is 0 Å². The van der Waals surface area contributed by atoms with Gasteiger partial charge in [0, 0.05) is 51.5 Å². The highest BCUT2D eigenvalue weighted by Gasteiger charge is 2.18. The van der Waals surface area contributed by atoms with Crippen molar-refractivity contribution in [2.24, 2.45) is 0 Å². The average molecular weight is 310 g/mol. The normalized spacial score (nSPS) is 17.8. The first-order valence-corrected chi connectivity index (χ1v) is 8.46. The van der Waals surface area contributed by atoms with Crippen LogP contribution in [0.1, 0.15) is 12.5 Å². The molecular weight excluding hydrogens is 284 g/mol. The van der Waals surface area contributed by atoms with E-state index in [9.17, 15) is 0 Å². The Bertz CT molecular complexity index is 564. The van der Waals surface area contributed by atoms with Gasteiger partial charge in [0.05, 0.1) is 0 Å². The van der Waals surface area contributed by atoms with Gasteiger partial charge in [0.2, 0.25) is 0 Å². The van der Waals surface area contributed by atoms with E-state index < -0.39 is 0 Å². The highest BCUT2D eigenvalue weighted by Crippen LogP contribution is 2.10. The fourth-order valence-corrected chi connectivity index (χ4v) is 3.11. The summed E-state index contributed by atoms with van der Waals surface area (Å²) in [6, 6.07) is 17.1. The van der Waals surface area contributed by atoms with Crippen LogP contribution in [0.4, 0.5) is 5.82 Å². The molecule has 1 aliphatic heterocycles. The summed E-state index contributed by atoms with van der Waals surface area (Å²) >= 11 is 0. The van der Waals surface area contributed by atoms with Crippen molar-refractivity contribution in [3.05, 3.63) is 60.3 Å².